The number of alkyl carbamates (subject to hydrolysis) is 1. The number of nitrogens with zero attached hydrogens (tertiary/aromatic N) is 1. The summed E-state index contributed by atoms with van der Waals surface area (Å²) >= 11 is 0. The van der Waals surface area contributed by atoms with Gasteiger partial charge in [-0.3, -0.25) is 4.98 Å². The van der Waals surface area contributed by atoms with Crippen LogP contribution in [-0.2, 0) is 29.0 Å². The Morgan fingerprint density at radius 2 is 1.74 bits per heavy atom. The fraction of sp³-hybridized carbons (Fsp3) is 0.387. The highest BCUT2D eigenvalue weighted by molar-refractivity contribution is 5.72. The van der Waals surface area contributed by atoms with Gasteiger partial charge in [0.05, 0.1) is 0 Å². The van der Waals surface area contributed by atoms with Gasteiger partial charge in [0.1, 0.15) is 5.60 Å². The van der Waals surface area contributed by atoms with Gasteiger partial charge in [0.15, 0.2) is 6.10 Å². The van der Waals surface area contributed by atoms with Crippen molar-refractivity contribution < 1.29 is 19.1 Å². The van der Waals surface area contributed by atoms with Crippen molar-refractivity contribution in [1.29, 1.82) is 0 Å². The van der Waals surface area contributed by atoms with Crippen LogP contribution in [0.2, 0.25) is 0 Å². The van der Waals surface area contributed by atoms with E-state index in [-0.39, 0.29) is 6.54 Å². The lowest BCUT2D eigenvalue weighted by molar-refractivity contribution is 0.0523. The predicted octanol–water partition coefficient (Wildman–Crippen LogP) is 5.92. The molecular weight excluding hydrogens is 492 g/mol. The second kappa shape index (κ2) is 12.8. The van der Waals surface area contributed by atoms with E-state index in [0.29, 0.717) is 18.9 Å². The Hall–Kier alpha value is -3.91. The minimum Gasteiger partial charge on any atom is -0.444 e. The lowest BCUT2D eigenvalue weighted by atomic mass is 9.85. The summed E-state index contributed by atoms with van der Waals surface area (Å²) in [6.45, 7) is 12.3. The minimum atomic E-state index is -0.888. The molecular formula is C31H40N4O4. The number of ether oxygens (including phenoxy) is 2. The van der Waals surface area contributed by atoms with Crippen molar-refractivity contribution in [2.75, 3.05) is 0 Å². The summed E-state index contributed by atoms with van der Waals surface area (Å²) in [6.07, 6.45) is 0.235. The van der Waals surface area contributed by atoms with E-state index in [0.717, 1.165) is 44.6 Å². The van der Waals surface area contributed by atoms with E-state index in [2.05, 4.69) is 24.1 Å². The first-order chi connectivity index (χ1) is 18.4. The molecule has 0 aliphatic heterocycles. The Kier molecular flexibility index (Phi) is 9.70. The third kappa shape index (κ3) is 8.04. The molecule has 5 N–H and O–H groups in total. The van der Waals surface area contributed by atoms with Gasteiger partial charge in [-0.05, 0) is 73.9 Å². The maximum atomic E-state index is 12.4. The number of nitrogens with one attached hydrogen (secondary N) is 1. The highest BCUT2D eigenvalue weighted by atomic mass is 16.6. The average Bonchev–Trinajstić information content (AvgIpc) is 2.85. The molecule has 3 aromatic rings. The SMILES string of the molecule is Cc1nccc(-c2ccc(CN)cc2)c1C(OC(N)=O)c1cccc(CNC(=O)OC(C)(C)C)c1CC(C)C. The van der Waals surface area contributed by atoms with Gasteiger partial charge in [-0.15, -0.1) is 0 Å². The summed E-state index contributed by atoms with van der Waals surface area (Å²) in [5.41, 5.74) is 17.8. The van der Waals surface area contributed by atoms with Gasteiger partial charge < -0.3 is 26.3 Å². The van der Waals surface area contributed by atoms with Crippen LogP contribution in [0.3, 0.4) is 0 Å². The lowest BCUT2D eigenvalue weighted by Gasteiger charge is -2.26. The highest BCUT2D eigenvalue weighted by Gasteiger charge is 2.28. The summed E-state index contributed by atoms with van der Waals surface area (Å²) in [6, 6.07) is 15.7. The molecule has 39 heavy (non-hydrogen) atoms. The van der Waals surface area contributed by atoms with Crippen LogP contribution in [0.5, 0.6) is 0 Å². The number of aromatic nitrogens is 1. The van der Waals surface area contributed by atoms with E-state index in [4.69, 9.17) is 20.9 Å². The molecule has 0 saturated carbocycles. The van der Waals surface area contributed by atoms with Crippen LogP contribution in [0.25, 0.3) is 11.1 Å². The van der Waals surface area contributed by atoms with E-state index in [1.54, 1.807) is 6.20 Å². The fourth-order valence-electron chi connectivity index (χ4n) is 4.58. The summed E-state index contributed by atoms with van der Waals surface area (Å²) in [5, 5.41) is 2.86. The number of aryl methyl sites for hydroxylation is 1. The largest absolute Gasteiger partial charge is 0.444 e. The van der Waals surface area contributed by atoms with Gasteiger partial charge in [-0.25, -0.2) is 9.59 Å². The molecule has 1 atom stereocenters. The van der Waals surface area contributed by atoms with Crippen LogP contribution in [0.4, 0.5) is 9.59 Å². The van der Waals surface area contributed by atoms with Crippen LogP contribution < -0.4 is 16.8 Å². The van der Waals surface area contributed by atoms with Crippen LogP contribution in [0, 0.1) is 12.8 Å². The van der Waals surface area contributed by atoms with Gasteiger partial charge in [-0.1, -0.05) is 56.3 Å². The lowest BCUT2D eigenvalue weighted by Crippen LogP contribution is -2.32. The summed E-state index contributed by atoms with van der Waals surface area (Å²) in [7, 11) is 0. The van der Waals surface area contributed by atoms with Crippen molar-refractivity contribution in [3.05, 3.63) is 88.2 Å². The molecule has 3 rings (SSSR count). The Labute approximate surface area is 231 Å². The van der Waals surface area contributed by atoms with Gasteiger partial charge in [0.2, 0.25) is 0 Å². The topological polar surface area (TPSA) is 130 Å². The smallest absolute Gasteiger partial charge is 0.407 e. The van der Waals surface area contributed by atoms with Crippen molar-refractivity contribution in [1.82, 2.24) is 10.3 Å². The molecule has 0 saturated heterocycles. The van der Waals surface area contributed by atoms with Crippen molar-refractivity contribution in [2.45, 2.75) is 72.8 Å². The third-order valence-electron chi connectivity index (χ3n) is 6.21. The van der Waals surface area contributed by atoms with Gasteiger partial charge >= 0.3 is 12.2 Å². The summed E-state index contributed by atoms with van der Waals surface area (Å²) < 4.78 is 11.3. The molecule has 2 amide bonds. The van der Waals surface area contributed by atoms with Gasteiger partial charge in [-0.2, -0.15) is 0 Å². The average molecular weight is 533 g/mol. The molecule has 0 radical (unpaired) electrons. The third-order valence-corrected chi connectivity index (χ3v) is 6.21. The zero-order valence-corrected chi connectivity index (χ0v) is 23.7. The van der Waals surface area contributed by atoms with E-state index >= 15 is 0 Å². The van der Waals surface area contributed by atoms with Crippen LogP contribution in [0.1, 0.15) is 74.2 Å². The number of rotatable bonds is 9. The molecule has 0 spiro atoms. The number of benzene rings is 2. The van der Waals surface area contributed by atoms with Crippen LogP contribution in [-0.4, -0.2) is 22.8 Å². The van der Waals surface area contributed by atoms with Crippen molar-refractivity contribution in [3.63, 3.8) is 0 Å². The van der Waals surface area contributed by atoms with E-state index < -0.39 is 23.9 Å². The zero-order chi connectivity index (χ0) is 28.7. The monoisotopic (exact) mass is 532 g/mol. The number of carbonyl (C=O) groups excluding carboxylic acids is 2. The molecule has 8 heteroatoms. The first-order valence-corrected chi connectivity index (χ1v) is 13.2. The van der Waals surface area contributed by atoms with Crippen LogP contribution >= 0.6 is 0 Å². The molecule has 2 aromatic carbocycles. The van der Waals surface area contributed by atoms with E-state index in [1.807, 2.05) is 76.2 Å². The Bertz CT molecular complexity index is 1300. The molecule has 0 fully saturated rings. The summed E-state index contributed by atoms with van der Waals surface area (Å²) in [5.74, 6) is 0.291. The Balaban J connectivity index is 2.15. The number of primary amides is 1. The molecule has 1 aromatic heterocycles. The van der Waals surface area contributed by atoms with Gasteiger partial charge in [0.25, 0.3) is 0 Å². The fourth-order valence-corrected chi connectivity index (χ4v) is 4.58. The molecule has 208 valence electrons. The second-order valence-corrected chi connectivity index (χ2v) is 11.0. The molecule has 0 bridgehead atoms. The van der Waals surface area contributed by atoms with Gasteiger partial charge in [0, 0.05) is 36.1 Å². The normalized spacial score (nSPS) is 12.2. The molecule has 0 aliphatic rings. The first kappa shape index (κ1) is 29.6. The number of hydrogen-bond acceptors (Lipinski definition) is 6. The number of carbonyl (C=O) groups is 2. The number of hydrogen-bond donors (Lipinski definition) is 3. The number of nitrogens with two attached hydrogens (primary N) is 2. The molecule has 1 heterocycles. The van der Waals surface area contributed by atoms with Crippen molar-refractivity contribution in [3.8, 4) is 11.1 Å². The molecule has 1 unspecified atom stereocenters. The second-order valence-electron chi connectivity index (χ2n) is 11.0. The van der Waals surface area contributed by atoms with E-state index in [1.165, 1.54) is 0 Å². The molecule has 8 nitrogen and oxygen atoms in total. The van der Waals surface area contributed by atoms with Crippen LogP contribution in [0.15, 0.2) is 54.7 Å². The standard InChI is InChI=1S/C31H40N4O4/c1-19(2)16-26-23(18-35-30(37)39-31(4,5)6)8-7-9-25(26)28(38-29(33)36)27-20(3)34-15-14-24(27)22-12-10-21(17-32)11-13-22/h7-15,19,28H,16-18,32H2,1-6H3,(H2,33,36)(H,35,37). The summed E-state index contributed by atoms with van der Waals surface area (Å²) in [4.78, 5) is 29.2. The zero-order valence-electron chi connectivity index (χ0n) is 23.7. The Morgan fingerprint density at radius 3 is 2.33 bits per heavy atom. The van der Waals surface area contributed by atoms with Crippen molar-refractivity contribution in [2.24, 2.45) is 17.4 Å². The first-order valence-electron chi connectivity index (χ1n) is 13.2. The predicted molar refractivity (Wildman–Crippen MR) is 153 cm³/mol. The highest BCUT2D eigenvalue weighted by Crippen LogP contribution is 2.38. The Morgan fingerprint density at radius 1 is 1.05 bits per heavy atom. The minimum absolute atomic E-state index is 0.257. The number of pyridine rings is 1. The number of amides is 2. The van der Waals surface area contributed by atoms with Crippen molar-refractivity contribution >= 4 is 12.2 Å². The quantitative estimate of drug-likeness (QED) is 0.313. The maximum absolute atomic E-state index is 12.4. The maximum Gasteiger partial charge on any atom is 0.407 e. The molecule has 0 aliphatic carbocycles. The van der Waals surface area contributed by atoms with E-state index in [9.17, 15) is 9.59 Å².